The van der Waals surface area contributed by atoms with E-state index < -0.39 is 5.97 Å². The number of ether oxygens (including phenoxy) is 1. The number of hydrogen-bond donors (Lipinski definition) is 0. The molecule has 0 spiro atoms. The fourth-order valence-electron chi connectivity index (χ4n) is 2.35. The molecule has 2 aromatic carbocycles. The van der Waals surface area contributed by atoms with Gasteiger partial charge in [-0.05, 0) is 36.1 Å². The second-order valence-electron chi connectivity index (χ2n) is 5.19. The Kier molecular flexibility index (Phi) is 5.17. The summed E-state index contributed by atoms with van der Waals surface area (Å²) in [7, 11) is 0. The summed E-state index contributed by atoms with van der Waals surface area (Å²) in [5.74, 6) is -0.444. The molecular formula is C19H15N3O2S. The highest BCUT2D eigenvalue weighted by molar-refractivity contribution is 7.98. The summed E-state index contributed by atoms with van der Waals surface area (Å²) >= 11 is 1.46. The molecule has 25 heavy (non-hydrogen) atoms. The minimum absolute atomic E-state index is 0.138. The third kappa shape index (κ3) is 3.73. The predicted molar refractivity (Wildman–Crippen MR) is 95.6 cm³/mol. The number of rotatable bonds is 5. The van der Waals surface area contributed by atoms with Crippen molar-refractivity contribution in [3.05, 3.63) is 77.6 Å². The van der Waals surface area contributed by atoms with E-state index in [1.165, 1.54) is 18.0 Å². The molecule has 0 N–H and O–H groups in total. The lowest BCUT2D eigenvalue weighted by Gasteiger charge is -2.10. The van der Waals surface area contributed by atoms with Crippen LogP contribution in [0.15, 0.2) is 66.0 Å². The van der Waals surface area contributed by atoms with E-state index in [0.29, 0.717) is 11.3 Å². The fraction of sp³-hybridized carbons (Fsp3) is 0.105. The van der Waals surface area contributed by atoms with Crippen LogP contribution in [0.4, 0.5) is 0 Å². The summed E-state index contributed by atoms with van der Waals surface area (Å²) in [6, 6.07) is 18.6. The lowest BCUT2D eigenvalue weighted by atomic mass is 10.2. The zero-order valence-corrected chi connectivity index (χ0v) is 14.4. The first-order chi connectivity index (χ1) is 12.2. The predicted octanol–water partition coefficient (Wildman–Crippen LogP) is 3.82. The summed E-state index contributed by atoms with van der Waals surface area (Å²) < 4.78 is 7.20. The summed E-state index contributed by atoms with van der Waals surface area (Å²) in [5, 5.41) is 9.53. The Morgan fingerprint density at radius 2 is 1.92 bits per heavy atom. The van der Waals surface area contributed by atoms with Crippen molar-refractivity contribution in [1.82, 2.24) is 9.55 Å². The van der Waals surface area contributed by atoms with Gasteiger partial charge in [-0.3, -0.25) is 4.57 Å². The number of carbonyl (C=O) groups is 1. The van der Waals surface area contributed by atoms with Crippen LogP contribution in [-0.2, 0) is 11.3 Å². The van der Waals surface area contributed by atoms with Crippen LogP contribution in [0.3, 0.4) is 0 Å². The zero-order valence-electron chi connectivity index (χ0n) is 13.5. The molecule has 0 saturated heterocycles. The van der Waals surface area contributed by atoms with E-state index in [0.717, 1.165) is 16.4 Å². The highest BCUT2D eigenvalue weighted by Crippen LogP contribution is 2.22. The third-order valence-electron chi connectivity index (χ3n) is 3.59. The lowest BCUT2D eigenvalue weighted by Crippen LogP contribution is -2.11. The van der Waals surface area contributed by atoms with Crippen molar-refractivity contribution >= 4 is 17.7 Å². The number of aromatic nitrogens is 2. The van der Waals surface area contributed by atoms with Crippen molar-refractivity contribution in [2.75, 3.05) is 6.26 Å². The maximum Gasteiger partial charge on any atom is 0.357 e. The van der Waals surface area contributed by atoms with Gasteiger partial charge in [0, 0.05) is 5.69 Å². The maximum absolute atomic E-state index is 12.5. The number of benzene rings is 2. The van der Waals surface area contributed by atoms with Gasteiger partial charge >= 0.3 is 5.97 Å². The molecule has 3 rings (SSSR count). The van der Waals surface area contributed by atoms with Crippen LogP contribution in [0.1, 0.15) is 21.6 Å². The first kappa shape index (κ1) is 16.8. The third-order valence-corrected chi connectivity index (χ3v) is 4.24. The van der Waals surface area contributed by atoms with Crippen LogP contribution >= 0.6 is 11.8 Å². The molecule has 124 valence electrons. The summed E-state index contributed by atoms with van der Waals surface area (Å²) in [6.45, 7) is 0.138. The Morgan fingerprint density at radius 1 is 1.20 bits per heavy atom. The average Bonchev–Trinajstić information content (AvgIpc) is 3.11. The van der Waals surface area contributed by atoms with Gasteiger partial charge in [0.15, 0.2) is 10.9 Å². The van der Waals surface area contributed by atoms with E-state index in [2.05, 4.69) is 11.1 Å². The number of hydrogen-bond acceptors (Lipinski definition) is 5. The molecule has 1 heterocycles. The summed E-state index contributed by atoms with van der Waals surface area (Å²) in [5.41, 5.74) is 2.63. The zero-order chi connectivity index (χ0) is 17.6. The van der Waals surface area contributed by atoms with Gasteiger partial charge in [-0.2, -0.15) is 5.26 Å². The molecule has 0 aliphatic rings. The largest absolute Gasteiger partial charge is 0.456 e. The molecule has 0 bridgehead atoms. The Balaban J connectivity index is 1.80. The minimum atomic E-state index is -0.444. The Hall–Kier alpha value is -3.04. The molecule has 0 aliphatic carbocycles. The van der Waals surface area contributed by atoms with Crippen molar-refractivity contribution in [2.45, 2.75) is 11.8 Å². The molecule has 0 aliphatic heterocycles. The van der Waals surface area contributed by atoms with Gasteiger partial charge in [-0.1, -0.05) is 42.1 Å². The van der Waals surface area contributed by atoms with Crippen molar-refractivity contribution in [3.8, 4) is 11.8 Å². The van der Waals surface area contributed by atoms with Gasteiger partial charge in [0.05, 0.1) is 17.8 Å². The van der Waals surface area contributed by atoms with Crippen molar-refractivity contribution < 1.29 is 9.53 Å². The van der Waals surface area contributed by atoms with Crippen LogP contribution in [-0.4, -0.2) is 21.8 Å². The second kappa shape index (κ2) is 7.69. The summed E-state index contributed by atoms with van der Waals surface area (Å²) in [6.07, 6.45) is 3.44. The molecule has 0 saturated carbocycles. The normalized spacial score (nSPS) is 10.2. The van der Waals surface area contributed by atoms with Crippen LogP contribution in [0.25, 0.3) is 5.69 Å². The van der Waals surface area contributed by atoms with E-state index in [1.54, 1.807) is 28.8 Å². The maximum atomic E-state index is 12.5. The molecule has 3 aromatic rings. The van der Waals surface area contributed by atoms with Gasteiger partial charge < -0.3 is 4.74 Å². The molecule has 5 nitrogen and oxygen atoms in total. The van der Waals surface area contributed by atoms with Gasteiger partial charge in [0.1, 0.15) is 6.61 Å². The number of esters is 1. The first-order valence-corrected chi connectivity index (χ1v) is 8.78. The molecule has 1 aromatic heterocycles. The number of nitriles is 1. The van der Waals surface area contributed by atoms with E-state index in [4.69, 9.17) is 10.00 Å². The van der Waals surface area contributed by atoms with E-state index >= 15 is 0 Å². The smallest absolute Gasteiger partial charge is 0.357 e. The van der Waals surface area contributed by atoms with E-state index in [9.17, 15) is 4.79 Å². The van der Waals surface area contributed by atoms with Crippen molar-refractivity contribution in [1.29, 1.82) is 5.26 Å². The van der Waals surface area contributed by atoms with Crippen molar-refractivity contribution in [2.24, 2.45) is 0 Å². The Labute approximate surface area is 149 Å². The van der Waals surface area contributed by atoms with Gasteiger partial charge in [0.2, 0.25) is 0 Å². The quantitative estimate of drug-likeness (QED) is 0.517. The molecule has 0 radical (unpaired) electrons. The topological polar surface area (TPSA) is 67.9 Å². The molecule has 6 heteroatoms. The monoisotopic (exact) mass is 349 g/mol. The highest BCUT2D eigenvalue weighted by Gasteiger charge is 2.18. The number of thioether (sulfide) groups is 1. The number of carbonyl (C=O) groups excluding carboxylic acids is 1. The summed E-state index contributed by atoms with van der Waals surface area (Å²) in [4.78, 5) is 16.8. The minimum Gasteiger partial charge on any atom is -0.456 e. The average molecular weight is 349 g/mol. The van der Waals surface area contributed by atoms with Gasteiger partial charge in [-0.15, -0.1) is 0 Å². The number of para-hydroxylation sites is 1. The van der Waals surface area contributed by atoms with Crippen LogP contribution in [0.2, 0.25) is 0 Å². The van der Waals surface area contributed by atoms with E-state index in [-0.39, 0.29) is 6.61 Å². The number of nitrogens with zero attached hydrogens (tertiary/aromatic N) is 3. The van der Waals surface area contributed by atoms with Crippen molar-refractivity contribution in [3.63, 3.8) is 0 Å². The second-order valence-corrected chi connectivity index (χ2v) is 5.96. The van der Waals surface area contributed by atoms with Gasteiger partial charge in [-0.25, -0.2) is 9.78 Å². The molecule has 0 atom stereocenters. The first-order valence-electron chi connectivity index (χ1n) is 7.56. The molecular weight excluding hydrogens is 334 g/mol. The Morgan fingerprint density at radius 3 is 2.56 bits per heavy atom. The fourth-order valence-corrected chi connectivity index (χ4v) is 2.89. The molecule has 0 fully saturated rings. The Bertz CT molecular complexity index is 912. The van der Waals surface area contributed by atoms with E-state index in [1.807, 2.05) is 36.6 Å². The SMILES string of the molecule is CSc1ncc(C(=O)OCc2ccc(C#N)cc2)n1-c1ccccc1. The highest BCUT2D eigenvalue weighted by atomic mass is 32.2. The lowest BCUT2D eigenvalue weighted by molar-refractivity contribution is 0.0462. The van der Waals surface area contributed by atoms with Crippen LogP contribution in [0.5, 0.6) is 0 Å². The van der Waals surface area contributed by atoms with Gasteiger partial charge in [0.25, 0.3) is 0 Å². The van der Waals surface area contributed by atoms with Crippen LogP contribution < -0.4 is 0 Å². The molecule has 0 unspecified atom stereocenters. The number of imidazole rings is 1. The molecule has 0 amide bonds. The van der Waals surface area contributed by atoms with Crippen LogP contribution in [0, 0.1) is 11.3 Å². The standard InChI is InChI=1S/C19H15N3O2S/c1-25-19-21-12-17(22(19)16-5-3-2-4-6-16)18(23)24-13-15-9-7-14(11-20)8-10-15/h2-10,12H,13H2,1H3.